The van der Waals surface area contributed by atoms with Crippen LogP contribution < -0.4 is 10.0 Å². The summed E-state index contributed by atoms with van der Waals surface area (Å²) in [4.78, 5) is 4.02. The molecular formula is C13H17N3O2S2. The lowest BCUT2D eigenvalue weighted by atomic mass is 10.3. The van der Waals surface area contributed by atoms with Gasteiger partial charge in [-0.2, -0.15) is 0 Å². The van der Waals surface area contributed by atoms with Crippen LogP contribution in [0, 0.1) is 6.92 Å². The van der Waals surface area contributed by atoms with Crippen LogP contribution >= 0.6 is 11.3 Å². The van der Waals surface area contributed by atoms with Gasteiger partial charge in [0.2, 0.25) is 0 Å². The number of aromatic nitrogens is 1. The highest BCUT2D eigenvalue weighted by molar-refractivity contribution is 7.94. The summed E-state index contributed by atoms with van der Waals surface area (Å²) in [5.41, 5.74) is 6.87. The zero-order valence-corrected chi connectivity index (χ0v) is 13.0. The Morgan fingerprint density at radius 2 is 2.15 bits per heavy atom. The summed E-state index contributed by atoms with van der Waals surface area (Å²) in [6.07, 6.45) is 2.12. The second-order valence-electron chi connectivity index (χ2n) is 4.37. The summed E-state index contributed by atoms with van der Waals surface area (Å²) in [7, 11) is -3.58. The molecule has 5 nitrogen and oxygen atoms in total. The minimum absolute atomic E-state index is 0.255. The van der Waals surface area contributed by atoms with Gasteiger partial charge in [-0.15, -0.1) is 11.3 Å². The van der Waals surface area contributed by atoms with Gasteiger partial charge in [-0.3, -0.25) is 4.31 Å². The third kappa shape index (κ3) is 2.94. The monoisotopic (exact) mass is 311 g/mol. The average molecular weight is 311 g/mol. The van der Waals surface area contributed by atoms with Gasteiger partial charge in [0.15, 0.2) is 4.21 Å². The topological polar surface area (TPSA) is 76.3 Å². The summed E-state index contributed by atoms with van der Waals surface area (Å²) in [6, 6.07) is 6.90. The highest BCUT2D eigenvalue weighted by Crippen LogP contribution is 2.28. The van der Waals surface area contributed by atoms with E-state index in [1.165, 1.54) is 21.8 Å². The quantitative estimate of drug-likeness (QED) is 0.861. The van der Waals surface area contributed by atoms with Crippen LogP contribution in [0.15, 0.2) is 34.7 Å². The third-order valence-electron chi connectivity index (χ3n) is 2.73. The summed E-state index contributed by atoms with van der Waals surface area (Å²) in [5, 5.41) is 0.729. The van der Waals surface area contributed by atoms with Crippen molar-refractivity contribution in [2.45, 2.75) is 24.5 Å². The average Bonchev–Trinajstić information content (AvgIpc) is 2.83. The predicted octanol–water partition coefficient (Wildman–Crippen LogP) is 2.64. The number of benzene rings is 1. The molecule has 1 aromatic carbocycles. The minimum Gasteiger partial charge on any atom is -0.399 e. The van der Waals surface area contributed by atoms with Crippen LogP contribution in [0.3, 0.4) is 0 Å². The molecule has 0 unspecified atom stereocenters. The van der Waals surface area contributed by atoms with Crippen LogP contribution in [-0.4, -0.2) is 19.9 Å². The van der Waals surface area contributed by atoms with Crippen LogP contribution in [0.1, 0.15) is 18.4 Å². The summed E-state index contributed by atoms with van der Waals surface area (Å²) in [5.74, 6) is 0. The summed E-state index contributed by atoms with van der Waals surface area (Å²) >= 11 is 1.18. The van der Waals surface area contributed by atoms with Crippen molar-refractivity contribution >= 4 is 32.7 Å². The van der Waals surface area contributed by atoms with Crippen LogP contribution in [0.5, 0.6) is 0 Å². The number of rotatable bonds is 5. The second-order valence-corrected chi connectivity index (χ2v) is 7.69. The number of hydrogen-bond acceptors (Lipinski definition) is 5. The van der Waals surface area contributed by atoms with Crippen LogP contribution in [0.2, 0.25) is 0 Å². The molecule has 0 aliphatic carbocycles. The second kappa shape index (κ2) is 5.80. The lowest BCUT2D eigenvalue weighted by Gasteiger charge is -2.23. The van der Waals surface area contributed by atoms with Crippen molar-refractivity contribution < 1.29 is 8.42 Å². The Hall–Kier alpha value is -1.60. The summed E-state index contributed by atoms with van der Waals surface area (Å²) in [6.45, 7) is 4.13. The van der Waals surface area contributed by atoms with Gasteiger partial charge >= 0.3 is 0 Å². The summed E-state index contributed by atoms with van der Waals surface area (Å²) < 4.78 is 27.0. The molecule has 0 saturated carbocycles. The Labute approximate surface area is 123 Å². The van der Waals surface area contributed by atoms with Gasteiger partial charge in [-0.25, -0.2) is 13.4 Å². The lowest BCUT2D eigenvalue weighted by molar-refractivity contribution is 0.592. The molecule has 0 saturated heterocycles. The predicted molar refractivity (Wildman–Crippen MR) is 82.5 cm³/mol. The molecule has 0 spiro atoms. The first-order valence-electron chi connectivity index (χ1n) is 6.26. The van der Waals surface area contributed by atoms with Crippen molar-refractivity contribution in [2.24, 2.45) is 0 Å². The van der Waals surface area contributed by atoms with E-state index in [0.29, 0.717) is 24.3 Å². The molecule has 0 aliphatic rings. The van der Waals surface area contributed by atoms with Crippen molar-refractivity contribution in [1.29, 1.82) is 0 Å². The van der Waals surface area contributed by atoms with Gasteiger partial charge in [-0.1, -0.05) is 13.0 Å². The fourth-order valence-corrected chi connectivity index (χ4v) is 4.61. The van der Waals surface area contributed by atoms with E-state index in [-0.39, 0.29) is 4.21 Å². The molecule has 2 rings (SSSR count). The Bertz CT molecular complexity index is 695. The molecule has 0 atom stereocenters. The van der Waals surface area contributed by atoms with E-state index in [1.54, 1.807) is 31.2 Å². The van der Waals surface area contributed by atoms with Crippen LogP contribution in [-0.2, 0) is 10.0 Å². The molecule has 7 heteroatoms. The normalized spacial score (nSPS) is 11.5. The van der Waals surface area contributed by atoms with Crippen molar-refractivity contribution in [3.63, 3.8) is 0 Å². The number of nitrogen functional groups attached to an aromatic ring is 1. The first kappa shape index (κ1) is 14.8. The molecule has 0 fully saturated rings. The standard InChI is InChI=1S/C13H17N3O2S2/c1-3-7-16(12-6-4-5-11(14)8-12)20(17,18)13-9-15-10(2)19-13/h4-6,8-9H,3,7,14H2,1-2H3. The number of aryl methyl sites for hydroxylation is 1. The van der Waals surface area contributed by atoms with Crippen molar-refractivity contribution in [3.05, 3.63) is 35.5 Å². The minimum atomic E-state index is -3.58. The Morgan fingerprint density at radius 3 is 2.70 bits per heavy atom. The van der Waals surface area contributed by atoms with E-state index in [1.807, 2.05) is 6.92 Å². The highest BCUT2D eigenvalue weighted by atomic mass is 32.2. The maximum absolute atomic E-state index is 12.7. The number of sulfonamides is 1. The molecule has 0 aliphatic heterocycles. The number of hydrogen-bond donors (Lipinski definition) is 1. The molecule has 0 bridgehead atoms. The van der Waals surface area contributed by atoms with Crippen molar-refractivity contribution in [3.8, 4) is 0 Å². The molecule has 2 aromatic rings. The molecule has 1 aromatic heterocycles. The first-order chi connectivity index (χ1) is 9.45. The van der Waals surface area contributed by atoms with Gasteiger partial charge in [0.1, 0.15) is 0 Å². The Balaban J connectivity index is 2.48. The Kier molecular flexibility index (Phi) is 4.29. The fourth-order valence-electron chi connectivity index (χ4n) is 1.84. The lowest BCUT2D eigenvalue weighted by Crippen LogP contribution is -2.31. The van der Waals surface area contributed by atoms with E-state index in [9.17, 15) is 8.42 Å². The van der Waals surface area contributed by atoms with Gasteiger partial charge in [0.05, 0.1) is 16.9 Å². The first-order valence-corrected chi connectivity index (χ1v) is 8.51. The van der Waals surface area contributed by atoms with E-state index in [2.05, 4.69) is 4.98 Å². The molecular weight excluding hydrogens is 294 g/mol. The van der Waals surface area contributed by atoms with Crippen molar-refractivity contribution in [2.75, 3.05) is 16.6 Å². The Morgan fingerprint density at radius 1 is 1.40 bits per heavy atom. The van der Waals surface area contributed by atoms with E-state index in [0.717, 1.165) is 5.01 Å². The maximum Gasteiger partial charge on any atom is 0.275 e. The van der Waals surface area contributed by atoms with E-state index >= 15 is 0 Å². The third-order valence-corrected chi connectivity index (χ3v) is 5.91. The maximum atomic E-state index is 12.7. The van der Waals surface area contributed by atoms with Crippen LogP contribution in [0.4, 0.5) is 11.4 Å². The molecule has 0 amide bonds. The number of nitrogens with two attached hydrogens (primary N) is 1. The zero-order chi connectivity index (χ0) is 14.8. The van der Waals surface area contributed by atoms with E-state index in [4.69, 9.17) is 5.73 Å². The van der Waals surface area contributed by atoms with Gasteiger partial charge in [0.25, 0.3) is 10.0 Å². The van der Waals surface area contributed by atoms with Crippen LogP contribution in [0.25, 0.3) is 0 Å². The smallest absolute Gasteiger partial charge is 0.275 e. The molecule has 1 heterocycles. The van der Waals surface area contributed by atoms with Gasteiger partial charge in [-0.05, 0) is 31.5 Å². The molecule has 20 heavy (non-hydrogen) atoms. The number of thiazole rings is 1. The SMILES string of the molecule is CCCN(c1cccc(N)c1)S(=O)(=O)c1cnc(C)s1. The number of nitrogens with zero attached hydrogens (tertiary/aromatic N) is 2. The van der Waals surface area contributed by atoms with Gasteiger partial charge < -0.3 is 5.73 Å². The van der Waals surface area contributed by atoms with Crippen molar-refractivity contribution in [1.82, 2.24) is 4.98 Å². The molecule has 2 N–H and O–H groups in total. The van der Waals surface area contributed by atoms with E-state index < -0.39 is 10.0 Å². The highest BCUT2D eigenvalue weighted by Gasteiger charge is 2.26. The molecule has 108 valence electrons. The number of anilines is 2. The largest absolute Gasteiger partial charge is 0.399 e. The molecule has 0 radical (unpaired) electrons. The fraction of sp³-hybridized carbons (Fsp3) is 0.308. The van der Waals surface area contributed by atoms with Gasteiger partial charge in [0, 0.05) is 12.2 Å². The zero-order valence-electron chi connectivity index (χ0n) is 11.4.